The smallest absolute Gasteiger partial charge is 0.277 e. The largest absolute Gasteiger partial charge is 0.416 e. The van der Waals surface area contributed by atoms with Gasteiger partial charge in [0.05, 0.1) is 5.75 Å². The van der Waals surface area contributed by atoms with Gasteiger partial charge in [-0.05, 0) is 31.1 Å². The molecule has 1 heterocycles. The molecular formula is C13H19N3O2S. The van der Waals surface area contributed by atoms with Gasteiger partial charge in [-0.25, -0.2) is 0 Å². The van der Waals surface area contributed by atoms with Crippen LogP contribution in [0.1, 0.15) is 38.5 Å². The lowest BCUT2D eigenvalue weighted by atomic mass is 9.95. The normalized spacial score (nSPS) is 28.8. The second-order valence-electron chi connectivity index (χ2n) is 5.45. The standard InChI is InChI=1S/C13H19N3O2S/c1-2-12-15-16-13(18-12)19-7-11(17)14-10-6-8-3-4-9(10)5-8/h8-10H,2-7H2,1H3,(H,14,17)/t8-,9-,10-/m1/s1. The van der Waals surface area contributed by atoms with Crippen molar-refractivity contribution in [2.75, 3.05) is 5.75 Å². The maximum absolute atomic E-state index is 11.9. The first-order valence-corrected chi connectivity index (χ1v) is 7.97. The predicted molar refractivity (Wildman–Crippen MR) is 71.8 cm³/mol. The first kappa shape index (κ1) is 13.0. The molecule has 2 saturated carbocycles. The minimum Gasteiger partial charge on any atom is -0.416 e. The van der Waals surface area contributed by atoms with Crippen LogP contribution >= 0.6 is 11.8 Å². The molecule has 1 amide bonds. The minimum absolute atomic E-state index is 0.0822. The molecule has 1 aromatic rings. The van der Waals surface area contributed by atoms with Gasteiger partial charge in [-0.15, -0.1) is 10.2 Å². The molecule has 3 rings (SSSR count). The summed E-state index contributed by atoms with van der Waals surface area (Å²) in [6.07, 6.45) is 5.84. The van der Waals surface area contributed by atoms with Crippen molar-refractivity contribution in [2.24, 2.45) is 11.8 Å². The van der Waals surface area contributed by atoms with Crippen molar-refractivity contribution in [1.82, 2.24) is 15.5 Å². The molecule has 19 heavy (non-hydrogen) atoms. The molecule has 0 unspecified atom stereocenters. The summed E-state index contributed by atoms with van der Waals surface area (Å²) in [5.41, 5.74) is 0. The number of nitrogens with zero attached hydrogens (tertiary/aromatic N) is 2. The van der Waals surface area contributed by atoms with Gasteiger partial charge in [0.15, 0.2) is 0 Å². The number of fused-ring (bicyclic) bond motifs is 2. The number of amides is 1. The van der Waals surface area contributed by atoms with Crippen molar-refractivity contribution in [1.29, 1.82) is 0 Å². The van der Waals surface area contributed by atoms with Crippen LogP contribution < -0.4 is 5.32 Å². The molecule has 104 valence electrons. The van der Waals surface area contributed by atoms with Gasteiger partial charge in [-0.2, -0.15) is 0 Å². The lowest BCUT2D eigenvalue weighted by Crippen LogP contribution is -2.39. The first-order chi connectivity index (χ1) is 9.24. The van der Waals surface area contributed by atoms with Crippen LogP contribution in [0.15, 0.2) is 9.64 Å². The Morgan fingerprint density at radius 3 is 2.95 bits per heavy atom. The zero-order chi connectivity index (χ0) is 13.2. The third-order valence-corrected chi connectivity index (χ3v) is 4.98. The fraction of sp³-hybridized carbons (Fsp3) is 0.769. The van der Waals surface area contributed by atoms with E-state index < -0.39 is 0 Å². The third-order valence-electron chi connectivity index (χ3n) is 4.16. The van der Waals surface area contributed by atoms with E-state index in [1.807, 2.05) is 6.92 Å². The second-order valence-corrected chi connectivity index (χ2v) is 6.38. The summed E-state index contributed by atoms with van der Waals surface area (Å²) in [4.78, 5) is 11.9. The van der Waals surface area contributed by atoms with E-state index in [9.17, 15) is 4.79 Å². The number of carbonyl (C=O) groups excluding carboxylic acids is 1. The number of thioether (sulfide) groups is 1. The van der Waals surface area contributed by atoms with Gasteiger partial charge in [0.1, 0.15) is 0 Å². The lowest BCUT2D eigenvalue weighted by molar-refractivity contribution is -0.119. The van der Waals surface area contributed by atoms with Crippen LogP contribution in [0.2, 0.25) is 0 Å². The Morgan fingerprint density at radius 1 is 1.42 bits per heavy atom. The Kier molecular flexibility index (Phi) is 3.77. The Labute approximate surface area is 116 Å². The van der Waals surface area contributed by atoms with Gasteiger partial charge in [-0.1, -0.05) is 25.1 Å². The molecule has 1 aromatic heterocycles. The highest BCUT2D eigenvalue weighted by molar-refractivity contribution is 7.99. The van der Waals surface area contributed by atoms with E-state index in [0.29, 0.717) is 28.8 Å². The van der Waals surface area contributed by atoms with Gasteiger partial charge in [0.2, 0.25) is 11.8 Å². The van der Waals surface area contributed by atoms with Crippen molar-refractivity contribution in [3.8, 4) is 0 Å². The number of carbonyl (C=O) groups is 1. The quantitative estimate of drug-likeness (QED) is 0.836. The van der Waals surface area contributed by atoms with E-state index in [2.05, 4.69) is 15.5 Å². The van der Waals surface area contributed by atoms with Crippen LogP contribution in [-0.2, 0) is 11.2 Å². The highest BCUT2D eigenvalue weighted by Gasteiger charge is 2.39. The number of hydrogen-bond acceptors (Lipinski definition) is 5. The number of nitrogens with one attached hydrogen (secondary N) is 1. The van der Waals surface area contributed by atoms with Crippen molar-refractivity contribution >= 4 is 17.7 Å². The summed E-state index contributed by atoms with van der Waals surface area (Å²) >= 11 is 1.32. The SMILES string of the molecule is CCc1nnc(SCC(=O)N[C@@H]2C[C@@H]3CC[C@@H]2C3)o1. The molecule has 0 radical (unpaired) electrons. The van der Waals surface area contributed by atoms with Crippen LogP contribution in [0, 0.1) is 11.8 Å². The predicted octanol–water partition coefficient (Wildman–Crippen LogP) is 2.03. The molecule has 5 nitrogen and oxygen atoms in total. The van der Waals surface area contributed by atoms with Crippen molar-refractivity contribution in [3.05, 3.63) is 5.89 Å². The maximum atomic E-state index is 11.9. The van der Waals surface area contributed by atoms with E-state index in [1.165, 1.54) is 37.4 Å². The highest BCUT2D eigenvalue weighted by atomic mass is 32.2. The number of aryl methyl sites for hydroxylation is 1. The molecule has 6 heteroatoms. The molecule has 1 N–H and O–H groups in total. The molecule has 0 saturated heterocycles. The van der Waals surface area contributed by atoms with Crippen LogP contribution in [0.25, 0.3) is 0 Å². The molecule has 0 aromatic carbocycles. The summed E-state index contributed by atoms with van der Waals surface area (Å²) < 4.78 is 5.36. The lowest BCUT2D eigenvalue weighted by Gasteiger charge is -2.22. The topological polar surface area (TPSA) is 68.0 Å². The fourth-order valence-electron chi connectivity index (χ4n) is 3.24. The van der Waals surface area contributed by atoms with Gasteiger partial charge in [0.25, 0.3) is 5.22 Å². The van der Waals surface area contributed by atoms with E-state index in [-0.39, 0.29) is 5.91 Å². The van der Waals surface area contributed by atoms with Gasteiger partial charge < -0.3 is 9.73 Å². The Balaban J connectivity index is 1.44. The molecule has 3 atom stereocenters. The number of rotatable bonds is 5. The van der Waals surface area contributed by atoms with Crippen LogP contribution in [0.4, 0.5) is 0 Å². The summed E-state index contributed by atoms with van der Waals surface area (Å²) in [6.45, 7) is 1.96. The molecule has 2 bridgehead atoms. The molecule has 2 aliphatic carbocycles. The van der Waals surface area contributed by atoms with Crippen LogP contribution in [0.3, 0.4) is 0 Å². The zero-order valence-corrected chi connectivity index (χ0v) is 11.9. The summed E-state index contributed by atoms with van der Waals surface area (Å²) in [5, 5.41) is 11.4. The fourth-order valence-corrected chi connectivity index (χ4v) is 3.83. The molecule has 2 aliphatic rings. The Hall–Kier alpha value is -1.04. The molecular weight excluding hydrogens is 262 g/mol. The summed E-state index contributed by atoms with van der Waals surface area (Å²) in [6, 6.07) is 0.403. The monoisotopic (exact) mass is 281 g/mol. The molecule has 0 aliphatic heterocycles. The number of hydrogen-bond donors (Lipinski definition) is 1. The van der Waals surface area contributed by atoms with Crippen molar-refractivity contribution < 1.29 is 9.21 Å². The van der Waals surface area contributed by atoms with E-state index in [1.54, 1.807) is 0 Å². The second kappa shape index (κ2) is 5.53. The van der Waals surface area contributed by atoms with Crippen molar-refractivity contribution in [3.63, 3.8) is 0 Å². The van der Waals surface area contributed by atoms with Crippen molar-refractivity contribution in [2.45, 2.75) is 50.3 Å². The van der Waals surface area contributed by atoms with E-state index in [0.717, 1.165) is 12.3 Å². The summed E-state index contributed by atoms with van der Waals surface area (Å²) in [5.74, 6) is 2.63. The van der Waals surface area contributed by atoms with Crippen LogP contribution in [0.5, 0.6) is 0 Å². The summed E-state index contributed by atoms with van der Waals surface area (Å²) in [7, 11) is 0. The maximum Gasteiger partial charge on any atom is 0.277 e. The van der Waals surface area contributed by atoms with E-state index in [4.69, 9.17) is 4.42 Å². The average Bonchev–Trinajstić information content (AvgIpc) is 3.12. The van der Waals surface area contributed by atoms with Gasteiger partial charge in [0, 0.05) is 12.5 Å². The Morgan fingerprint density at radius 2 is 2.32 bits per heavy atom. The van der Waals surface area contributed by atoms with Gasteiger partial charge in [-0.3, -0.25) is 4.79 Å². The molecule has 0 spiro atoms. The Bertz CT molecular complexity index is 462. The minimum atomic E-state index is 0.0822. The third kappa shape index (κ3) is 2.94. The van der Waals surface area contributed by atoms with Gasteiger partial charge >= 0.3 is 0 Å². The highest BCUT2D eigenvalue weighted by Crippen LogP contribution is 2.44. The van der Waals surface area contributed by atoms with E-state index >= 15 is 0 Å². The first-order valence-electron chi connectivity index (χ1n) is 6.99. The molecule has 2 fully saturated rings. The van der Waals surface area contributed by atoms with Crippen LogP contribution in [-0.4, -0.2) is 27.9 Å². The number of aromatic nitrogens is 2. The zero-order valence-electron chi connectivity index (χ0n) is 11.1. The average molecular weight is 281 g/mol.